The van der Waals surface area contributed by atoms with E-state index in [1.807, 2.05) is 26.8 Å². The Balaban J connectivity index is 2.09. The lowest BCUT2D eigenvalue weighted by Crippen LogP contribution is -2.28. The Morgan fingerprint density at radius 3 is 2.74 bits per heavy atom. The first-order valence-electron chi connectivity index (χ1n) is 5.83. The van der Waals surface area contributed by atoms with Crippen molar-refractivity contribution in [1.29, 1.82) is 0 Å². The van der Waals surface area contributed by atoms with Gasteiger partial charge >= 0.3 is 0 Å². The van der Waals surface area contributed by atoms with Crippen LogP contribution in [-0.2, 0) is 15.8 Å². The minimum absolute atomic E-state index is 0.171. The van der Waals surface area contributed by atoms with Gasteiger partial charge in [0.05, 0.1) is 5.69 Å². The van der Waals surface area contributed by atoms with Crippen molar-refractivity contribution < 1.29 is 12.9 Å². The molecule has 0 spiro atoms. The molecule has 19 heavy (non-hydrogen) atoms. The third-order valence-electron chi connectivity index (χ3n) is 2.73. The summed E-state index contributed by atoms with van der Waals surface area (Å²) in [6, 6.07) is 3.31. The molecule has 2 rings (SSSR count). The first-order valence-corrected chi connectivity index (χ1v) is 8.30. The summed E-state index contributed by atoms with van der Waals surface area (Å²) in [5.74, 6) is -0.171. The second kappa shape index (κ2) is 5.44. The molecule has 1 N–H and O–H groups in total. The van der Waals surface area contributed by atoms with Gasteiger partial charge in [-0.25, -0.2) is 13.1 Å². The molecular formula is C12H16N2O3S2. The molecule has 0 aliphatic carbocycles. The summed E-state index contributed by atoms with van der Waals surface area (Å²) in [5, 5.41) is 3.61. The maximum Gasteiger partial charge on any atom is 0.218 e. The van der Waals surface area contributed by atoms with Crippen LogP contribution in [0.5, 0.6) is 0 Å². The van der Waals surface area contributed by atoms with E-state index in [0.29, 0.717) is 5.69 Å². The predicted molar refractivity (Wildman–Crippen MR) is 74.5 cm³/mol. The second-order valence-electron chi connectivity index (χ2n) is 4.46. The summed E-state index contributed by atoms with van der Waals surface area (Å²) in [6.07, 6.45) is 1.36. The van der Waals surface area contributed by atoms with E-state index in [1.165, 1.54) is 11.1 Å². The summed E-state index contributed by atoms with van der Waals surface area (Å²) in [7, 11) is -3.43. The number of sulfonamides is 1. The molecule has 0 aliphatic heterocycles. The van der Waals surface area contributed by atoms with Gasteiger partial charge in [-0.2, -0.15) is 0 Å². The summed E-state index contributed by atoms with van der Waals surface area (Å²) in [4.78, 5) is 2.31. The second-order valence-corrected chi connectivity index (χ2v) is 7.67. The highest BCUT2D eigenvalue weighted by Crippen LogP contribution is 2.26. The summed E-state index contributed by atoms with van der Waals surface area (Å²) in [5.41, 5.74) is 1.42. The molecule has 5 nitrogen and oxygen atoms in total. The molecule has 0 aliphatic rings. The molecule has 0 fully saturated rings. The molecule has 0 amide bonds. The molecule has 104 valence electrons. The minimum atomic E-state index is -3.43. The lowest BCUT2D eigenvalue weighted by molar-refractivity contribution is 0.413. The van der Waals surface area contributed by atoms with Crippen LogP contribution in [0.4, 0.5) is 0 Å². The fraction of sp³-hybridized carbons (Fsp3) is 0.417. The molecule has 0 aromatic carbocycles. The predicted octanol–water partition coefficient (Wildman–Crippen LogP) is 2.53. The van der Waals surface area contributed by atoms with Crippen LogP contribution in [-0.4, -0.2) is 13.6 Å². The van der Waals surface area contributed by atoms with E-state index in [9.17, 15) is 8.42 Å². The third kappa shape index (κ3) is 3.65. The van der Waals surface area contributed by atoms with Gasteiger partial charge in [0, 0.05) is 21.9 Å². The van der Waals surface area contributed by atoms with E-state index in [-0.39, 0.29) is 11.8 Å². The van der Waals surface area contributed by atoms with Crippen molar-refractivity contribution in [1.82, 2.24) is 9.88 Å². The maximum atomic E-state index is 12.0. The first-order chi connectivity index (χ1) is 8.87. The van der Waals surface area contributed by atoms with Gasteiger partial charge in [0.15, 0.2) is 0 Å². The maximum absolute atomic E-state index is 12.0. The molecule has 1 atom stereocenters. The summed E-state index contributed by atoms with van der Waals surface area (Å²) in [6.45, 7) is 5.85. The highest BCUT2D eigenvalue weighted by atomic mass is 32.2. The number of hydrogen-bond donors (Lipinski definition) is 1. The Kier molecular flexibility index (Phi) is 4.07. The molecule has 2 aromatic rings. The molecule has 7 heteroatoms. The first kappa shape index (κ1) is 14.2. The highest BCUT2D eigenvalue weighted by Gasteiger charge is 2.19. The average Bonchev–Trinajstić information content (AvgIpc) is 2.86. The van der Waals surface area contributed by atoms with Gasteiger partial charge < -0.3 is 4.52 Å². The molecule has 2 aromatic heterocycles. The van der Waals surface area contributed by atoms with Gasteiger partial charge in [0.25, 0.3) is 0 Å². The van der Waals surface area contributed by atoms with E-state index < -0.39 is 10.0 Å². The molecule has 2 heterocycles. The Bertz CT molecular complexity index is 645. The van der Waals surface area contributed by atoms with E-state index >= 15 is 0 Å². The standard InChI is InChI=1S/C12H16N2O3S2/c1-8-6-12(10(3)18-8)9(2)14-19(15,16)7-11-4-5-17-13-11/h4-6,9,14H,7H2,1-3H3. The number of thiophene rings is 1. The lowest BCUT2D eigenvalue weighted by Gasteiger charge is -2.13. The van der Waals surface area contributed by atoms with Crippen LogP contribution in [0.3, 0.4) is 0 Å². The molecule has 1 unspecified atom stereocenters. The Labute approximate surface area is 116 Å². The smallest absolute Gasteiger partial charge is 0.218 e. The van der Waals surface area contributed by atoms with E-state index in [4.69, 9.17) is 0 Å². The normalized spacial score (nSPS) is 13.6. The van der Waals surface area contributed by atoms with E-state index in [0.717, 1.165) is 10.4 Å². The zero-order valence-corrected chi connectivity index (χ0v) is 12.6. The van der Waals surface area contributed by atoms with Crippen LogP contribution in [0, 0.1) is 13.8 Å². The minimum Gasteiger partial charge on any atom is -0.364 e. The van der Waals surface area contributed by atoms with Crippen LogP contribution in [0.25, 0.3) is 0 Å². The van der Waals surface area contributed by atoms with E-state index in [2.05, 4.69) is 14.4 Å². The van der Waals surface area contributed by atoms with Crippen LogP contribution >= 0.6 is 11.3 Å². The van der Waals surface area contributed by atoms with Crippen molar-refractivity contribution in [2.24, 2.45) is 0 Å². The number of hydrogen-bond acceptors (Lipinski definition) is 5. The van der Waals surface area contributed by atoms with Gasteiger partial charge in [0.2, 0.25) is 10.0 Å². The zero-order valence-electron chi connectivity index (χ0n) is 11.0. The topological polar surface area (TPSA) is 72.2 Å². The van der Waals surface area contributed by atoms with Gasteiger partial charge in [-0.15, -0.1) is 11.3 Å². The van der Waals surface area contributed by atoms with Gasteiger partial charge in [-0.1, -0.05) is 5.16 Å². The molecule has 0 radical (unpaired) electrons. The van der Waals surface area contributed by atoms with E-state index in [1.54, 1.807) is 17.4 Å². The Morgan fingerprint density at radius 1 is 1.47 bits per heavy atom. The Morgan fingerprint density at radius 2 is 2.21 bits per heavy atom. The molecular weight excluding hydrogens is 284 g/mol. The summed E-state index contributed by atoms with van der Waals surface area (Å²) >= 11 is 1.67. The number of rotatable bonds is 5. The van der Waals surface area contributed by atoms with Crippen LogP contribution in [0.1, 0.15) is 34.0 Å². The number of aromatic nitrogens is 1. The largest absolute Gasteiger partial charge is 0.364 e. The van der Waals surface area contributed by atoms with Gasteiger partial charge in [0.1, 0.15) is 12.0 Å². The zero-order chi connectivity index (χ0) is 14.0. The average molecular weight is 300 g/mol. The van der Waals surface area contributed by atoms with Gasteiger partial charge in [-0.3, -0.25) is 0 Å². The number of nitrogens with zero attached hydrogens (tertiary/aromatic N) is 1. The fourth-order valence-corrected chi connectivity index (χ4v) is 4.27. The van der Waals surface area contributed by atoms with Crippen LogP contribution in [0.15, 0.2) is 22.9 Å². The van der Waals surface area contributed by atoms with Gasteiger partial charge in [-0.05, 0) is 32.4 Å². The number of nitrogens with one attached hydrogen (secondary N) is 1. The van der Waals surface area contributed by atoms with Crippen LogP contribution in [0.2, 0.25) is 0 Å². The van der Waals surface area contributed by atoms with Crippen molar-refractivity contribution in [3.8, 4) is 0 Å². The fourth-order valence-electron chi connectivity index (χ4n) is 1.96. The van der Waals surface area contributed by atoms with Crippen molar-refractivity contribution in [2.75, 3.05) is 0 Å². The lowest BCUT2D eigenvalue weighted by atomic mass is 10.1. The van der Waals surface area contributed by atoms with Crippen molar-refractivity contribution in [3.63, 3.8) is 0 Å². The SMILES string of the molecule is Cc1cc(C(C)NS(=O)(=O)Cc2ccon2)c(C)s1. The highest BCUT2D eigenvalue weighted by molar-refractivity contribution is 7.88. The summed E-state index contributed by atoms with van der Waals surface area (Å²) < 4.78 is 31.3. The van der Waals surface area contributed by atoms with Crippen molar-refractivity contribution in [2.45, 2.75) is 32.6 Å². The van der Waals surface area contributed by atoms with Crippen molar-refractivity contribution in [3.05, 3.63) is 39.4 Å². The third-order valence-corrected chi connectivity index (χ3v) is 5.10. The quantitative estimate of drug-likeness (QED) is 0.921. The molecule has 0 saturated heterocycles. The van der Waals surface area contributed by atoms with Crippen LogP contribution < -0.4 is 4.72 Å². The Hall–Kier alpha value is -1.18. The number of aryl methyl sites for hydroxylation is 2. The molecule has 0 bridgehead atoms. The van der Waals surface area contributed by atoms with Crippen molar-refractivity contribution >= 4 is 21.4 Å². The monoisotopic (exact) mass is 300 g/mol. The molecule has 0 saturated carbocycles.